The lowest BCUT2D eigenvalue weighted by Gasteiger charge is -2.12. The summed E-state index contributed by atoms with van der Waals surface area (Å²) in [6.07, 6.45) is 1.95. The van der Waals surface area contributed by atoms with Crippen molar-refractivity contribution in [1.29, 1.82) is 0 Å². The van der Waals surface area contributed by atoms with Gasteiger partial charge in [0, 0.05) is 18.2 Å². The Morgan fingerprint density at radius 2 is 2.40 bits per heavy atom. The second-order valence-corrected chi connectivity index (χ2v) is 3.91. The SMILES string of the molecule is CCc1ccc([C@H]2CCOC2)c(CO)n1. The van der Waals surface area contributed by atoms with Gasteiger partial charge >= 0.3 is 0 Å². The Morgan fingerprint density at radius 3 is 3.00 bits per heavy atom. The van der Waals surface area contributed by atoms with Crippen molar-refractivity contribution in [2.75, 3.05) is 13.2 Å². The number of hydrogen-bond donors (Lipinski definition) is 1. The van der Waals surface area contributed by atoms with Crippen LogP contribution in [0.3, 0.4) is 0 Å². The van der Waals surface area contributed by atoms with Crippen LogP contribution in [-0.4, -0.2) is 23.3 Å². The van der Waals surface area contributed by atoms with Crippen LogP contribution in [0.5, 0.6) is 0 Å². The molecule has 3 nitrogen and oxygen atoms in total. The van der Waals surface area contributed by atoms with Crippen molar-refractivity contribution < 1.29 is 9.84 Å². The fourth-order valence-corrected chi connectivity index (χ4v) is 2.03. The lowest BCUT2D eigenvalue weighted by molar-refractivity contribution is 0.193. The molecule has 0 aliphatic carbocycles. The molecule has 82 valence electrons. The number of pyridine rings is 1. The second kappa shape index (κ2) is 4.73. The van der Waals surface area contributed by atoms with E-state index in [-0.39, 0.29) is 6.61 Å². The number of aliphatic hydroxyl groups is 1. The van der Waals surface area contributed by atoms with Crippen molar-refractivity contribution in [3.8, 4) is 0 Å². The molecule has 0 amide bonds. The molecule has 0 radical (unpaired) electrons. The molecule has 0 unspecified atom stereocenters. The van der Waals surface area contributed by atoms with E-state index in [0.717, 1.165) is 43.0 Å². The summed E-state index contributed by atoms with van der Waals surface area (Å²) in [6, 6.07) is 4.14. The average molecular weight is 207 g/mol. The summed E-state index contributed by atoms with van der Waals surface area (Å²) in [5.41, 5.74) is 3.03. The van der Waals surface area contributed by atoms with Crippen LogP contribution < -0.4 is 0 Å². The van der Waals surface area contributed by atoms with Gasteiger partial charge in [-0.15, -0.1) is 0 Å². The third-order valence-electron chi connectivity index (χ3n) is 2.95. The molecule has 0 aromatic carbocycles. The van der Waals surface area contributed by atoms with E-state index in [1.54, 1.807) is 0 Å². The monoisotopic (exact) mass is 207 g/mol. The van der Waals surface area contributed by atoms with Gasteiger partial charge in [-0.25, -0.2) is 0 Å². The van der Waals surface area contributed by atoms with Crippen molar-refractivity contribution in [2.45, 2.75) is 32.3 Å². The van der Waals surface area contributed by atoms with E-state index >= 15 is 0 Å². The molecular weight excluding hydrogens is 190 g/mol. The highest BCUT2D eigenvalue weighted by molar-refractivity contribution is 5.27. The molecule has 1 aliphatic heterocycles. The van der Waals surface area contributed by atoms with Gasteiger partial charge in [-0.1, -0.05) is 13.0 Å². The van der Waals surface area contributed by atoms with E-state index in [1.807, 2.05) is 6.07 Å². The average Bonchev–Trinajstić information content (AvgIpc) is 2.81. The van der Waals surface area contributed by atoms with Gasteiger partial charge in [0.25, 0.3) is 0 Å². The lowest BCUT2D eigenvalue weighted by Crippen LogP contribution is -2.06. The van der Waals surface area contributed by atoms with Gasteiger partial charge in [0.15, 0.2) is 0 Å². The fourth-order valence-electron chi connectivity index (χ4n) is 2.03. The Kier molecular flexibility index (Phi) is 3.34. The Balaban J connectivity index is 2.29. The maximum Gasteiger partial charge on any atom is 0.0856 e. The van der Waals surface area contributed by atoms with E-state index in [2.05, 4.69) is 18.0 Å². The predicted octanol–water partition coefficient (Wildman–Crippen LogP) is 1.64. The van der Waals surface area contributed by atoms with Gasteiger partial charge < -0.3 is 9.84 Å². The van der Waals surface area contributed by atoms with Crippen LogP contribution >= 0.6 is 0 Å². The number of aryl methyl sites for hydroxylation is 1. The van der Waals surface area contributed by atoms with Crippen molar-refractivity contribution in [2.24, 2.45) is 0 Å². The minimum atomic E-state index is 0.0275. The molecule has 15 heavy (non-hydrogen) atoms. The van der Waals surface area contributed by atoms with Crippen LogP contribution in [0.2, 0.25) is 0 Å². The van der Waals surface area contributed by atoms with Crippen LogP contribution in [0.15, 0.2) is 12.1 Å². The molecule has 2 rings (SSSR count). The van der Waals surface area contributed by atoms with Crippen LogP contribution in [0.25, 0.3) is 0 Å². The van der Waals surface area contributed by atoms with Crippen molar-refractivity contribution in [3.63, 3.8) is 0 Å². The first kappa shape index (κ1) is 10.6. The molecule has 1 atom stereocenters. The number of rotatable bonds is 3. The number of aromatic nitrogens is 1. The third-order valence-corrected chi connectivity index (χ3v) is 2.95. The number of nitrogens with zero attached hydrogens (tertiary/aromatic N) is 1. The smallest absolute Gasteiger partial charge is 0.0856 e. The summed E-state index contributed by atoms with van der Waals surface area (Å²) in [7, 11) is 0. The Labute approximate surface area is 90.1 Å². The summed E-state index contributed by atoms with van der Waals surface area (Å²) >= 11 is 0. The van der Waals surface area contributed by atoms with E-state index < -0.39 is 0 Å². The molecular formula is C12H17NO2. The summed E-state index contributed by atoms with van der Waals surface area (Å²) in [4.78, 5) is 4.45. The van der Waals surface area contributed by atoms with Crippen LogP contribution in [-0.2, 0) is 17.8 Å². The summed E-state index contributed by atoms with van der Waals surface area (Å²) in [5.74, 6) is 0.422. The van der Waals surface area contributed by atoms with Gasteiger partial charge in [-0.05, 0) is 24.5 Å². The lowest BCUT2D eigenvalue weighted by atomic mass is 9.96. The van der Waals surface area contributed by atoms with E-state index in [4.69, 9.17) is 4.74 Å². The van der Waals surface area contributed by atoms with Gasteiger partial charge in [-0.2, -0.15) is 0 Å². The largest absolute Gasteiger partial charge is 0.390 e. The predicted molar refractivity (Wildman–Crippen MR) is 57.7 cm³/mol. The molecule has 3 heteroatoms. The van der Waals surface area contributed by atoms with Crippen molar-refractivity contribution in [1.82, 2.24) is 4.98 Å². The van der Waals surface area contributed by atoms with Crippen LogP contribution in [0, 0.1) is 0 Å². The Morgan fingerprint density at radius 1 is 1.53 bits per heavy atom. The standard InChI is InChI=1S/C12H17NO2/c1-2-10-3-4-11(12(7-14)13-10)9-5-6-15-8-9/h3-4,9,14H,2,5-8H2,1H3/t9-/m0/s1. The minimum Gasteiger partial charge on any atom is -0.390 e. The molecule has 1 N–H and O–H groups in total. The van der Waals surface area contributed by atoms with Gasteiger partial charge in [0.1, 0.15) is 0 Å². The highest BCUT2D eigenvalue weighted by Crippen LogP contribution is 2.27. The maximum atomic E-state index is 9.30. The highest BCUT2D eigenvalue weighted by Gasteiger charge is 2.20. The van der Waals surface area contributed by atoms with Crippen molar-refractivity contribution in [3.05, 3.63) is 29.1 Å². The first-order chi connectivity index (χ1) is 7.35. The van der Waals surface area contributed by atoms with E-state index in [0.29, 0.717) is 5.92 Å². The molecule has 0 bridgehead atoms. The molecule has 2 heterocycles. The Hall–Kier alpha value is -0.930. The molecule has 1 aliphatic rings. The quantitative estimate of drug-likeness (QED) is 0.819. The zero-order valence-electron chi connectivity index (χ0n) is 9.07. The highest BCUT2D eigenvalue weighted by atomic mass is 16.5. The summed E-state index contributed by atoms with van der Waals surface area (Å²) in [6.45, 7) is 3.69. The fraction of sp³-hybridized carbons (Fsp3) is 0.583. The maximum absolute atomic E-state index is 9.30. The normalized spacial score (nSPS) is 20.8. The molecule has 0 saturated carbocycles. The third kappa shape index (κ3) is 2.19. The number of ether oxygens (including phenoxy) is 1. The van der Waals surface area contributed by atoms with Crippen molar-refractivity contribution >= 4 is 0 Å². The van der Waals surface area contributed by atoms with E-state index in [9.17, 15) is 5.11 Å². The minimum absolute atomic E-state index is 0.0275. The first-order valence-electron chi connectivity index (χ1n) is 5.52. The zero-order valence-corrected chi connectivity index (χ0v) is 9.07. The van der Waals surface area contributed by atoms with Gasteiger partial charge in [0.2, 0.25) is 0 Å². The van der Waals surface area contributed by atoms with Crippen LogP contribution in [0.4, 0.5) is 0 Å². The summed E-state index contributed by atoms with van der Waals surface area (Å²) < 4.78 is 5.36. The topological polar surface area (TPSA) is 42.4 Å². The molecule has 1 saturated heterocycles. The van der Waals surface area contributed by atoms with Crippen LogP contribution in [0.1, 0.15) is 36.2 Å². The molecule has 1 aromatic rings. The molecule has 1 fully saturated rings. The van der Waals surface area contributed by atoms with Gasteiger partial charge in [-0.3, -0.25) is 4.98 Å². The molecule has 1 aromatic heterocycles. The van der Waals surface area contributed by atoms with Gasteiger partial charge in [0.05, 0.1) is 18.9 Å². The first-order valence-corrected chi connectivity index (χ1v) is 5.52. The number of hydrogen-bond acceptors (Lipinski definition) is 3. The summed E-state index contributed by atoms with van der Waals surface area (Å²) in [5, 5.41) is 9.30. The van der Waals surface area contributed by atoms with E-state index in [1.165, 1.54) is 0 Å². The Bertz CT molecular complexity index is 332. The second-order valence-electron chi connectivity index (χ2n) is 3.91. The number of aliphatic hydroxyl groups excluding tert-OH is 1. The zero-order chi connectivity index (χ0) is 10.7. The molecule has 0 spiro atoms.